The Balaban J connectivity index is 2.16. The largest absolute Gasteiger partial charge is 0.330 e. The number of hydrogen-bond acceptors (Lipinski definition) is 1. The Hall–Kier alpha value is -1.45. The fraction of sp³-hybridized carbons (Fsp3) is 0.462. The van der Waals surface area contributed by atoms with Gasteiger partial charge in [0.2, 0.25) is 5.91 Å². The second-order valence-electron chi connectivity index (χ2n) is 4.77. The second kappa shape index (κ2) is 3.52. The first-order valence-corrected chi connectivity index (χ1v) is 5.84. The lowest BCUT2D eigenvalue weighted by Gasteiger charge is -2.39. The molecule has 90 valence electrons. The van der Waals surface area contributed by atoms with Gasteiger partial charge in [-0.05, 0) is 36.6 Å². The third-order valence-electron chi connectivity index (χ3n) is 3.82. The third-order valence-corrected chi connectivity index (χ3v) is 3.82. The van der Waals surface area contributed by atoms with E-state index < -0.39 is 12.2 Å². The van der Waals surface area contributed by atoms with E-state index in [0.29, 0.717) is 24.0 Å². The second-order valence-corrected chi connectivity index (χ2v) is 4.77. The van der Waals surface area contributed by atoms with Crippen molar-refractivity contribution in [2.45, 2.75) is 38.0 Å². The van der Waals surface area contributed by atoms with Crippen molar-refractivity contribution in [3.63, 3.8) is 0 Å². The maximum absolute atomic E-state index is 14.2. The fourth-order valence-electron chi connectivity index (χ4n) is 3.00. The summed E-state index contributed by atoms with van der Waals surface area (Å²) in [5, 5.41) is 0. The highest BCUT2D eigenvalue weighted by Crippen LogP contribution is 2.46. The molecule has 1 fully saturated rings. The van der Waals surface area contributed by atoms with Crippen molar-refractivity contribution < 1.29 is 13.6 Å². The van der Waals surface area contributed by atoms with Crippen LogP contribution in [0, 0.1) is 5.82 Å². The van der Waals surface area contributed by atoms with Crippen LogP contribution < -0.4 is 0 Å². The highest BCUT2D eigenvalue weighted by atomic mass is 19.1. The molecule has 2 aliphatic heterocycles. The monoisotopic (exact) mass is 237 g/mol. The summed E-state index contributed by atoms with van der Waals surface area (Å²) in [4.78, 5) is 13.3. The van der Waals surface area contributed by atoms with Gasteiger partial charge in [-0.1, -0.05) is 6.07 Å². The van der Waals surface area contributed by atoms with Crippen LogP contribution in [0.4, 0.5) is 8.78 Å². The SMILES string of the molecule is C[C@H]1[C@@H](F)c2ccc(F)cc2[C@@H]2CCC(=O)N21. The summed E-state index contributed by atoms with van der Waals surface area (Å²) in [6.07, 6.45) is -0.131. The van der Waals surface area contributed by atoms with E-state index in [-0.39, 0.29) is 17.8 Å². The van der Waals surface area contributed by atoms with Crippen molar-refractivity contribution in [1.82, 2.24) is 4.90 Å². The van der Waals surface area contributed by atoms with Gasteiger partial charge in [0.05, 0.1) is 12.1 Å². The van der Waals surface area contributed by atoms with Gasteiger partial charge in [0.15, 0.2) is 0 Å². The molecule has 0 aliphatic carbocycles. The van der Waals surface area contributed by atoms with Crippen molar-refractivity contribution in [3.05, 3.63) is 35.1 Å². The Labute approximate surface area is 98.2 Å². The van der Waals surface area contributed by atoms with E-state index in [1.807, 2.05) is 0 Å². The Morgan fingerprint density at radius 2 is 2.12 bits per heavy atom. The molecule has 1 amide bonds. The zero-order chi connectivity index (χ0) is 12.2. The summed E-state index contributed by atoms with van der Waals surface area (Å²) >= 11 is 0. The number of carbonyl (C=O) groups is 1. The number of nitrogens with zero attached hydrogens (tertiary/aromatic N) is 1. The van der Waals surface area contributed by atoms with Crippen LogP contribution in [0.25, 0.3) is 0 Å². The smallest absolute Gasteiger partial charge is 0.223 e. The van der Waals surface area contributed by atoms with Gasteiger partial charge in [0.25, 0.3) is 0 Å². The molecular weight excluding hydrogens is 224 g/mol. The molecule has 0 saturated carbocycles. The molecule has 17 heavy (non-hydrogen) atoms. The standard InChI is InChI=1S/C13H13F2NO/c1-7-13(15)9-3-2-8(14)6-10(9)11-4-5-12(17)16(7)11/h2-3,6-7,11,13H,4-5H2,1H3/t7-,11-,13+/m0/s1. The van der Waals surface area contributed by atoms with Crippen molar-refractivity contribution in [3.8, 4) is 0 Å². The van der Waals surface area contributed by atoms with E-state index in [0.717, 1.165) is 0 Å². The number of rotatable bonds is 0. The van der Waals surface area contributed by atoms with Gasteiger partial charge in [0.1, 0.15) is 12.0 Å². The fourth-order valence-corrected chi connectivity index (χ4v) is 3.00. The quantitative estimate of drug-likeness (QED) is 0.679. The zero-order valence-corrected chi connectivity index (χ0v) is 9.49. The van der Waals surface area contributed by atoms with E-state index in [2.05, 4.69) is 0 Å². The zero-order valence-electron chi connectivity index (χ0n) is 9.49. The van der Waals surface area contributed by atoms with Crippen LogP contribution in [0.3, 0.4) is 0 Å². The average molecular weight is 237 g/mol. The molecule has 1 saturated heterocycles. The number of fused-ring (bicyclic) bond motifs is 3. The first kappa shape index (κ1) is 10.7. The molecule has 0 unspecified atom stereocenters. The lowest BCUT2D eigenvalue weighted by molar-refractivity contribution is -0.133. The van der Waals surface area contributed by atoms with E-state index in [1.54, 1.807) is 11.8 Å². The molecule has 2 heterocycles. The lowest BCUT2D eigenvalue weighted by atomic mass is 9.88. The molecule has 4 heteroatoms. The molecule has 0 bridgehead atoms. The van der Waals surface area contributed by atoms with Crippen molar-refractivity contribution in [2.75, 3.05) is 0 Å². The highest BCUT2D eigenvalue weighted by molar-refractivity contribution is 5.80. The Kier molecular flexibility index (Phi) is 2.21. The third kappa shape index (κ3) is 1.39. The number of amides is 1. The molecule has 1 aromatic rings. The van der Waals surface area contributed by atoms with E-state index in [9.17, 15) is 13.6 Å². The molecule has 1 aromatic carbocycles. The predicted molar refractivity (Wildman–Crippen MR) is 58.5 cm³/mol. The Bertz CT molecular complexity index is 488. The summed E-state index contributed by atoms with van der Waals surface area (Å²) in [7, 11) is 0. The van der Waals surface area contributed by atoms with E-state index in [4.69, 9.17) is 0 Å². The Morgan fingerprint density at radius 1 is 1.35 bits per heavy atom. The van der Waals surface area contributed by atoms with Gasteiger partial charge < -0.3 is 4.90 Å². The van der Waals surface area contributed by atoms with Crippen molar-refractivity contribution >= 4 is 5.91 Å². The summed E-state index contributed by atoms with van der Waals surface area (Å²) in [6.45, 7) is 1.72. The molecule has 0 spiro atoms. The number of benzene rings is 1. The van der Waals surface area contributed by atoms with Gasteiger partial charge >= 0.3 is 0 Å². The van der Waals surface area contributed by atoms with Gasteiger partial charge in [-0.25, -0.2) is 8.78 Å². The Morgan fingerprint density at radius 3 is 2.88 bits per heavy atom. The van der Waals surface area contributed by atoms with Gasteiger partial charge in [0, 0.05) is 6.42 Å². The molecule has 2 nitrogen and oxygen atoms in total. The first-order chi connectivity index (χ1) is 8.09. The maximum atomic E-state index is 14.2. The molecule has 3 rings (SSSR count). The van der Waals surface area contributed by atoms with Gasteiger partial charge in [-0.15, -0.1) is 0 Å². The van der Waals surface area contributed by atoms with Crippen LogP contribution in [-0.2, 0) is 4.79 Å². The molecular formula is C13H13F2NO. The number of halogens is 2. The van der Waals surface area contributed by atoms with Crippen LogP contribution in [-0.4, -0.2) is 16.8 Å². The normalized spacial score (nSPS) is 31.4. The van der Waals surface area contributed by atoms with E-state index in [1.165, 1.54) is 18.2 Å². The average Bonchev–Trinajstić information content (AvgIpc) is 2.68. The molecule has 2 aliphatic rings. The summed E-state index contributed by atoms with van der Waals surface area (Å²) in [6, 6.07) is 3.56. The summed E-state index contributed by atoms with van der Waals surface area (Å²) < 4.78 is 27.4. The minimum Gasteiger partial charge on any atom is -0.330 e. The van der Waals surface area contributed by atoms with Crippen molar-refractivity contribution in [1.29, 1.82) is 0 Å². The van der Waals surface area contributed by atoms with Crippen LogP contribution in [0.2, 0.25) is 0 Å². The van der Waals surface area contributed by atoms with E-state index >= 15 is 0 Å². The number of alkyl halides is 1. The number of hydrogen-bond donors (Lipinski definition) is 0. The van der Waals surface area contributed by atoms with Crippen LogP contribution in [0.5, 0.6) is 0 Å². The maximum Gasteiger partial charge on any atom is 0.223 e. The van der Waals surface area contributed by atoms with Crippen molar-refractivity contribution in [2.24, 2.45) is 0 Å². The lowest BCUT2D eigenvalue weighted by Crippen LogP contribution is -2.42. The van der Waals surface area contributed by atoms with Crippen LogP contribution in [0.1, 0.15) is 43.1 Å². The molecule has 0 radical (unpaired) electrons. The molecule has 0 N–H and O–H groups in total. The first-order valence-electron chi connectivity index (χ1n) is 5.84. The molecule has 0 aromatic heterocycles. The highest BCUT2D eigenvalue weighted by Gasteiger charge is 2.44. The van der Waals surface area contributed by atoms with Gasteiger partial charge in [-0.3, -0.25) is 4.79 Å². The van der Waals surface area contributed by atoms with Crippen LogP contribution >= 0.6 is 0 Å². The number of carbonyl (C=O) groups excluding carboxylic acids is 1. The summed E-state index contributed by atoms with van der Waals surface area (Å²) in [5.74, 6) is -0.398. The van der Waals surface area contributed by atoms with Crippen LogP contribution in [0.15, 0.2) is 18.2 Å². The summed E-state index contributed by atoms with van der Waals surface area (Å²) in [5.41, 5.74) is 1.18. The minimum atomic E-state index is -1.22. The van der Waals surface area contributed by atoms with Gasteiger partial charge in [-0.2, -0.15) is 0 Å². The minimum absolute atomic E-state index is 0.0277. The predicted octanol–water partition coefficient (Wildman–Crippen LogP) is 2.90. The topological polar surface area (TPSA) is 20.3 Å². The molecule has 3 atom stereocenters.